The van der Waals surface area contributed by atoms with Crippen LogP contribution in [0.3, 0.4) is 0 Å². The first-order valence-electron chi connectivity index (χ1n) is 8.23. The van der Waals surface area contributed by atoms with Crippen LogP contribution in [0.4, 0.5) is 0 Å². The van der Waals surface area contributed by atoms with Crippen LogP contribution < -0.4 is 14.8 Å². The van der Waals surface area contributed by atoms with E-state index in [9.17, 15) is 9.59 Å². The second-order valence-electron chi connectivity index (χ2n) is 6.08. The first kappa shape index (κ1) is 18.1. The van der Waals surface area contributed by atoms with Crippen molar-refractivity contribution in [2.75, 3.05) is 20.8 Å². The monoisotopic (exact) mass is 335 g/mol. The molecule has 132 valence electrons. The normalized spacial score (nSPS) is 20.1. The number of hydrogen-bond donors (Lipinski definition) is 1. The number of carbonyl (C=O) groups is 2. The molecule has 24 heavy (non-hydrogen) atoms. The van der Waals surface area contributed by atoms with Gasteiger partial charge in [0.1, 0.15) is 0 Å². The van der Waals surface area contributed by atoms with E-state index in [1.54, 1.807) is 12.1 Å². The third-order valence-corrected chi connectivity index (χ3v) is 4.41. The highest BCUT2D eigenvalue weighted by Crippen LogP contribution is 2.27. The van der Waals surface area contributed by atoms with Crippen LogP contribution >= 0.6 is 0 Å². The van der Waals surface area contributed by atoms with Gasteiger partial charge in [-0.15, -0.1) is 0 Å². The first-order valence-corrected chi connectivity index (χ1v) is 8.23. The summed E-state index contributed by atoms with van der Waals surface area (Å²) in [5.41, 5.74) is 0.312. The molecule has 6 nitrogen and oxygen atoms in total. The van der Waals surface area contributed by atoms with E-state index in [1.807, 2.05) is 0 Å². The highest BCUT2D eigenvalue weighted by atomic mass is 16.5. The van der Waals surface area contributed by atoms with Crippen molar-refractivity contribution in [2.24, 2.45) is 5.92 Å². The molecule has 2 rings (SSSR count). The highest BCUT2D eigenvalue weighted by molar-refractivity contribution is 5.92. The fourth-order valence-electron chi connectivity index (χ4n) is 2.96. The first-order chi connectivity index (χ1) is 11.5. The van der Waals surface area contributed by atoms with E-state index in [4.69, 9.17) is 14.2 Å². The van der Waals surface area contributed by atoms with Crippen molar-refractivity contribution in [1.82, 2.24) is 5.32 Å². The van der Waals surface area contributed by atoms with Gasteiger partial charge >= 0.3 is 5.97 Å². The second-order valence-corrected chi connectivity index (χ2v) is 6.08. The van der Waals surface area contributed by atoms with Crippen molar-refractivity contribution in [3.8, 4) is 11.5 Å². The zero-order valence-electron chi connectivity index (χ0n) is 14.5. The van der Waals surface area contributed by atoms with Gasteiger partial charge in [-0.2, -0.15) is 0 Å². The molecular formula is C18H25NO5. The van der Waals surface area contributed by atoms with E-state index < -0.39 is 5.97 Å². The van der Waals surface area contributed by atoms with Gasteiger partial charge in [0.05, 0.1) is 19.8 Å². The van der Waals surface area contributed by atoms with Gasteiger partial charge < -0.3 is 19.5 Å². The third kappa shape index (κ3) is 4.63. The van der Waals surface area contributed by atoms with Gasteiger partial charge in [0.2, 0.25) is 0 Å². The summed E-state index contributed by atoms with van der Waals surface area (Å²) >= 11 is 0. The molecule has 6 heteroatoms. The summed E-state index contributed by atoms with van der Waals surface area (Å²) in [6, 6.07) is 4.90. The van der Waals surface area contributed by atoms with Crippen molar-refractivity contribution < 1.29 is 23.8 Å². The lowest BCUT2D eigenvalue weighted by molar-refractivity contribution is -0.125. The minimum absolute atomic E-state index is 0.172. The average molecular weight is 335 g/mol. The minimum atomic E-state index is -0.567. The Morgan fingerprint density at radius 2 is 1.83 bits per heavy atom. The van der Waals surface area contributed by atoms with E-state index in [0.717, 1.165) is 19.3 Å². The molecule has 1 aromatic carbocycles. The Morgan fingerprint density at radius 1 is 1.12 bits per heavy atom. The van der Waals surface area contributed by atoms with Gasteiger partial charge in [-0.1, -0.05) is 19.8 Å². The van der Waals surface area contributed by atoms with Gasteiger partial charge in [0, 0.05) is 6.04 Å². The minimum Gasteiger partial charge on any atom is -0.493 e. The van der Waals surface area contributed by atoms with Gasteiger partial charge in [-0.25, -0.2) is 4.79 Å². The lowest BCUT2D eigenvalue weighted by Gasteiger charge is -2.29. The van der Waals surface area contributed by atoms with E-state index in [-0.39, 0.29) is 18.6 Å². The largest absolute Gasteiger partial charge is 0.493 e. The topological polar surface area (TPSA) is 73.9 Å². The maximum atomic E-state index is 12.1. The Hall–Kier alpha value is -2.24. The van der Waals surface area contributed by atoms with Crippen LogP contribution in [0.25, 0.3) is 0 Å². The summed E-state index contributed by atoms with van der Waals surface area (Å²) in [6.07, 6.45) is 4.44. The standard InChI is InChI=1S/C18H25NO5/c1-12-6-4-5-7-14(12)19-17(20)11-24-18(21)13-8-9-15(22-2)16(10-13)23-3/h8-10,12,14H,4-7,11H2,1-3H3,(H,19,20)/t12-,14+/m1/s1. The maximum Gasteiger partial charge on any atom is 0.338 e. The molecule has 1 aromatic rings. The van der Waals surface area contributed by atoms with Crippen LogP contribution in [0.2, 0.25) is 0 Å². The van der Waals surface area contributed by atoms with Crippen LogP contribution in [-0.2, 0) is 9.53 Å². The molecule has 0 saturated heterocycles. The van der Waals surface area contributed by atoms with Gasteiger partial charge in [0.25, 0.3) is 5.91 Å². The SMILES string of the molecule is COc1ccc(C(=O)OCC(=O)N[C@H]2CCCC[C@H]2C)cc1OC. The van der Waals surface area contributed by atoms with E-state index in [1.165, 1.54) is 26.7 Å². The number of benzene rings is 1. The zero-order valence-corrected chi connectivity index (χ0v) is 14.5. The average Bonchev–Trinajstić information content (AvgIpc) is 2.61. The molecule has 1 amide bonds. The highest BCUT2D eigenvalue weighted by Gasteiger charge is 2.23. The van der Waals surface area contributed by atoms with Crippen LogP contribution in [0.15, 0.2) is 18.2 Å². The number of ether oxygens (including phenoxy) is 3. The lowest BCUT2D eigenvalue weighted by Crippen LogP contribution is -2.42. The molecule has 0 bridgehead atoms. The summed E-state index contributed by atoms with van der Waals surface area (Å²) in [5.74, 6) is 0.597. The Morgan fingerprint density at radius 3 is 2.50 bits per heavy atom. The summed E-state index contributed by atoms with van der Waals surface area (Å²) in [4.78, 5) is 24.1. The van der Waals surface area contributed by atoms with E-state index in [0.29, 0.717) is 23.0 Å². The van der Waals surface area contributed by atoms with Crippen LogP contribution in [-0.4, -0.2) is 38.7 Å². The summed E-state index contributed by atoms with van der Waals surface area (Å²) < 4.78 is 15.4. The molecule has 1 aliphatic carbocycles. The predicted octanol–water partition coefficient (Wildman–Crippen LogP) is 2.56. The molecule has 0 aliphatic heterocycles. The fourth-order valence-corrected chi connectivity index (χ4v) is 2.96. The van der Waals surface area contributed by atoms with Crippen LogP contribution in [0, 0.1) is 5.92 Å². The number of amides is 1. The number of nitrogens with one attached hydrogen (secondary N) is 1. The quantitative estimate of drug-likeness (QED) is 0.809. The van der Waals surface area contributed by atoms with Crippen LogP contribution in [0.5, 0.6) is 11.5 Å². The van der Waals surface area contributed by atoms with E-state index in [2.05, 4.69) is 12.2 Å². The summed E-state index contributed by atoms with van der Waals surface area (Å²) in [5, 5.41) is 2.96. The molecule has 0 spiro atoms. The number of carbonyl (C=O) groups excluding carboxylic acids is 2. The Bertz CT molecular complexity index is 587. The van der Waals surface area contributed by atoms with Crippen molar-refractivity contribution >= 4 is 11.9 Å². The van der Waals surface area contributed by atoms with Crippen LogP contribution in [0.1, 0.15) is 43.0 Å². The smallest absolute Gasteiger partial charge is 0.338 e. The van der Waals surface area contributed by atoms with Crippen molar-refractivity contribution in [3.63, 3.8) is 0 Å². The van der Waals surface area contributed by atoms with E-state index >= 15 is 0 Å². The molecule has 1 saturated carbocycles. The summed E-state index contributed by atoms with van der Waals surface area (Å²) in [7, 11) is 3.01. The van der Waals surface area contributed by atoms with Gasteiger partial charge in [-0.05, 0) is 37.0 Å². The van der Waals surface area contributed by atoms with Crippen molar-refractivity contribution in [3.05, 3.63) is 23.8 Å². The molecule has 0 heterocycles. The van der Waals surface area contributed by atoms with Gasteiger partial charge in [-0.3, -0.25) is 4.79 Å². The Labute approximate surface area is 142 Å². The fraction of sp³-hybridized carbons (Fsp3) is 0.556. The predicted molar refractivity (Wildman–Crippen MR) is 89.4 cm³/mol. The Kier molecular flexibility index (Phi) is 6.46. The maximum absolute atomic E-state index is 12.1. The van der Waals surface area contributed by atoms with Crippen molar-refractivity contribution in [1.29, 1.82) is 0 Å². The number of rotatable bonds is 6. The molecule has 0 unspecified atom stereocenters. The zero-order chi connectivity index (χ0) is 17.5. The molecule has 1 aliphatic rings. The summed E-state index contributed by atoms with van der Waals surface area (Å²) in [6.45, 7) is 1.86. The number of esters is 1. The number of methoxy groups -OCH3 is 2. The van der Waals surface area contributed by atoms with Crippen molar-refractivity contribution in [2.45, 2.75) is 38.6 Å². The second kappa shape index (κ2) is 8.57. The third-order valence-electron chi connectivity index (χ3n) is 4.41. The lowest BCUT2D eigenvalue weighted by atomic mass is 9.86. The molecule has 0 aromatic heterocycles. The number of hydrogen-bond acceptors (Lipinski definition) is 5. The molecule has 2 atom stereocenters. The van der Waals surface area contributed by atoms with Gasteiger partial charge in [0.15, 0.2) is 18.1 Å². The molecule has 1 fully saturated rings. The molecule has 0 radical (unpaired) electrons. The Balaban J connectivity index is 1.87. The molecular weight excluding hydrogens is 310 g/mol. The molecule has 1 N–H and O–H groups in total.